The van der Waals surface area contributed by atoms with Crippen LogP contribution in [0.4, 0.5) is 8.78 Å². The molecule has 0 unspecified atom stereocenters. The fourth-order valence-corrected chi connectivity index (χ4v) is 5.61. The van der Waals surface area contributed by atoms with Crippen LogP contribution in [0.5, 0.6) is 17.2 Å². The quantitative estimate of drug-likeness (QED) is 0.109. The van der Waals surface area contributed by atoms with Gasteiger partial charge >= 0.3 is 0 Å². The Kier molecular flexibility index (Phi) is 12.7. The van der Waals surface area contributed by atoms with Crippen molar-refractivity contribution in [1.82, 2.24) is 0 Å². The van der Waals surface area contributed by atoms with Crippen LogP contribution in [0.1, 0.15) is 71.8 Å². The first-order valence-electron chi connectivity index (χ1n) is 15.6. The molecule has 44 heavy (non-hydrogen) atoms. The van der Waals surface area contributed by atoms with Crippen LogP contribution in [-0.4, -0.2) is 38.8 Å². The Labute approximate surface area is 274 Å². The number of hydrogen-bond acceptors (Lipinski definition) is 5. The van der Waals surface area contributed by atoms with E-state index in [1.165, 1.54) is 56.2 Å². The molecule has 1 aliphatic heterocycles. The molecule has 0 N–H and O–H groups in total. The molecule has 0 radical (unpaired) electrons. The Balaban J connectivity index is 1.24. The van der Waals surface area contributed by atoms with Gasteiger partial charge in [-0.1, -0.05) is 64.2 Å². The highest BCUT2D eigenvalue weighted by molar-refractivity contribution is 14.1. The minimum Gasteiger partial charge on any atom is -0.492 e. The van der Waals surface area contributed by atoms with Crippen LogP contribution in [-0.2, 0) is 15.9 Å². The lowest BCUT2D eigenvalue weighted by atomic mass is 9.93. The monoisotopic (exact) mass is 722 g/mol. The van der Waals surface area contributed by atoms with Crippen molar-refractivity contribution in [1.29, 1.82) is 0 Å². The summed E-state index contributed by atoms with van der Waals surface area (Å²) in [6.45, 7) is 9.74. The summed E-state index contributed by atoms with van der Waals surface area (Å²) in [5.74, 6) is -1.13. The van der Waals surface area contributed by atoms with E-state index in [4.69, 9.17) is 23.7 Å². The van der Waals surface area contributed by atoms with E-state index in [1.54, 1.807) is 6.07 Å². The van der Waals surface area contributed by atoms with Gasteiger partial charge in [-0.25, -0.2) is 8.78 Å². The molecule has 240 valence electrons. The molecule has 1 aliphatic rings. The van der Waals surface area contributed by atoms with E-state index >= 15 is 0 Å². The predicted octanol–water partition coefficient (Wildman–Crippen LogP) is 9.77. The zero-order valence-electron chi connectivity index (χ0n) is 26.4. The molecular weight excluding hydrogens is 677 g/mol. The summed E-state index contributed by atoms with van der Waals surface area (Å²) in [5, 5.41) is 0. The number of hydrogen-bond donors (Lipinski definition) is 0. The summed E-state index contributed by atoms with van der Waals surface area (Å²) in [4.78, 5) is 0. The summed E-state index contributed by atoms with van der Waals surface area (Å²) in [7, 11) is 0. The molecule has 0 spiro atoms. The Hall–Kier alpha value is -2.43. The van der Waals surface area contributed by atoms with Gasteiger partial charge in [0, 0.05) is 5.41 Å². The van der Waals surface area contributed by atoms with E-state index < -0.39 is 23.2 Å². The molecule has 0 saturated carbocycles. The maximum atomic E-state index is 14.9. The summed E-state index contributed by atoms with van der Waals surface area (Å²) >= 11 is 2.17. The third kappa shape index (κ3) is 10.3. The van der Waals surface area contributed by atoms with E-state index in [1.807, 2.05) is 38.1 Å². The maximum absolute atomic E-state index is 14.9. The highest BCUT2D eigenvalue weighted by Crippen LogP contribution is 2.34. The maximum Gasteiger partial charge on any atom is 0.190 e. The Bertz CT molecular complexity index is 1310. The number of unbranched alkanes of at least 4 members (excludes halogenated alkanes) is 5. The minimum atomic E-state index is -0.762. The highest BCUT2D eigenvalue weighted by Gasteiger charge is 2.37. The number of aryl methyl sites for hydroxylation is 1. The fraction of sp³-hybridized carbons (Fsp3) is 0.500. The molecule has 1 fully saturated rings. The molecule has 4 rings (SSSR count). The van der Waals surface area contributed by atoms with Gasteiger partial charge in [0.25, 0.3) is 0 Å². The van der Waals surface area contributed by atoms with Crippen molar-refractivity contribution < 1.29 is 32.5 Å². The average Bonchev–Trinajstić information content (AvgIpc) is 3.00. The topological polar surface area (TPSA) is 46.2 Å². The third-order valence-electron chi connectivity index (χ3n) is 7.72. The molecule has 3 aromatic rings. The second-order valence-electron chi connectivity index (χ2n) is 12.3. The van der Waals surface area contributed by atoms with Crippen LogP contribution >= 0.6 is 22.6 Å². The lowest BCUT2D eigenvalue weighted by molar-refractivity contribution is -0.285. The Morgan fingerprint density at radius 2 is 1.39 bits per heavy atom. The van der Waals surface area contributed by atoms with Crippen molar-refractivity contribution in [2.45, 2.75) is 78.4 Å². The summed E-state index contributed by atoms with van der Waals surface area (Å²) in [6, 6.07) is 16.0. The molecule has 1 saturated heterocycles. The highest BCUT2D eigenvalue weighted by atomic mass is 127. The van der Waals surface area contributed by atoms with E-state index in [2.05, 4.69) is 48.6 Å². The van der Waals surface area contributed by atoms with Crippen molar-refractivity contribution in [2.75, 3.05) is 33.0 Å². The molecule has 0 amide bonds. The summed E-state index contributed by atoms with van der Waals surface area (Å²) < 4.78 is 59.5. The summed E-state index contributed by atoms with van der Waals surface area (Å²) in [5.41, 5.74) is 2.10. The molecule has 5 nitrogen and oxygen atoms in total. The Morgan fingerprint density at radius 3 is 2.05 bits per heavy atom. The van der Waals surface area contributed by atoms with Crippen molar-refractivity contribution in [3.05, 3.63) is 75.4 Å². The van der Waals surface area contributed by atoms with Gasteiger partial charge in [-0.15, -0.1) is 0 Å². The smallest absolute Gasteiger partial charge is 0.190 e. The second kappa shape index (κ2) is 16.2. The Morgan fingerprint density at radius 1 is 0.750 bits per heavy atom. The fourth-order valence-electron chi connectivity index (χ4n) is 4.94. The SMILES string of the molecule is CCCCCCCCc1ccc(OCCOc2c(F)cc(-c3ccc(OCC4(C)COC(C)(C)OC4)c(I)c3)cc2F)cc1. The van der Waals surface area contributed by atoms with Gasteiger partial charge in [0.05, 0.1) is 23.4 Å². The van der Waals surface area contributed by atoms with Crippen molar-refractivity contribution in [2.24, 2.45) is 5.41 Å². The van der Waals surface area contributed by atoms with Gasteiger partial charge < -0.3 is 23.7 Å². The number of ether oxygens (including phenoxy) is 5. The van der Waals surface area contributed by atoms with Gasteiger partial charge in [-0.3, -0.25) is 0 Å². The van der Waals surface area contributed by atoms with Crippen LogP contribution in [0, 0.1) is 20.6 Å². The normalized spacial score (nSPS) is 15.6. The molecule has 1 heterocycles. The molecule has 0 atom stereocenters. The number of rotatable bonds is 16. The standard InChI is InChI=1S/C36H45F2IO5/c1-5-6-7-8-9-10-11-26-12-15-29(16-13-26)40-18-19-41-34-30(37)20-28(21-31(34)38)27-14-17-33(32(39)22-27)42-23-36(4)24-43-35(2,3)44-25-36/h12-17,20-22H,5-11,18-19,23-25H2,1-4H3. The van der Waals surface area contributed by atoms with Crippen LogP contribution in [0.2, 0.25) is 0 Å². The van der Waals surface area contributed by atoms with Gasteiger partial charge in [0.2, 0.25) is 0 Å². The molecule has 0 bridgehead atoms. The molecular formula is C36H45F2IO5. The predicted molar refractivity (Wildman–Crippen MR) is 179 cm³/mol. The molecule has 8 heteroatoms. The number of benzene rings is 3. The van der Waals surface area contributed by atoms with Crippen LogP contribution in [0.25, 0.3) is 11.1 Å². The van der Waals surface area contributed by atoms with Crippen molar-refractivity contribution >= 4 is 22.6 Å². The van der Waals surface area contributed by atoms with Crippen molar-refractivity contribution in [3.8, 4) is 28.4 Å². The van der Waals surface area contributed by atoms with Crippen molar-refractivity contribution in [3.63, 3.8) is 0 Å². The van der Waals surface area contributed by atoms with Crippen LogP contribution in [0.3, 0.4) is 0 Å². The van der Waals surface area contributed by atoms with Gasteiger partial charge in [0.1, 0.15) is 24.7 Å². The first kappa shape index (κ1) is 34.4. The van der Waals surface area contributed by atoms with E-state index in [-0.39, 0.29) is 18.6 Å². The zero-order chi connectivity index (χ0) is 31.6. The molecule has 3 aromatic carbocycles. The van der Waals surface area contributed by atoms with E-state index in [0.717, 1.165) is 9.99 Å². The lowest BCUT2D eigenvalue weighted by Gasteiger charge is -2.41. The van der Waals surface area contributed by atoms with Crippen LogP contribution in [0.15, 0.2) is 54.6 Å². The molecule has 0 aromatic heterocycles. The minimum absolute atomic E-state index is 0.0170. The first-order chi connectivity index (χ1) is 21.1. The molecule has 0 aliphatic carbocycles. The van der Waals surface area contributed by atoms with E-state index in [0.29, 0.717) is 42.4 Å². The lowest BCUT2D eigenvalue weighted by Crippen LogP contribution is -2.47. The van der Waals surface area contributed by atoms with Gasteiger partial charge in [-0.05, 0) is 102 Å². The van der Waals surface area contributed by atoms with E-state index in [9.17, 15) is 8.78 Å². The van der Waals surface area contributed by atoms with Crippen LogP contribution < -0.4 is 14.2 Å². The zero-order valence-corrected chi connectivity index (χ0v) is 28.5. The first-order valence-corrected chi connectivity index (χ1v) is 16.7. The summed E-state index contributed by atoms with van der Waals surface area (Å²) in [6.07, 6.45) is 8.71. The van der Waals surface area contributed by atoms with Gasteiger partial charge in [-0.2, -0.15) is 0 Å². The van der Waals surface area contributed by atoms with Gasteiger partial charge in [0.15, 0.2) is 23.2 Å². The average molecular weight is 723 g/mol. The largest absolute Gasteiger partial charge is 0.492 e. The number of halogens is 3. The third-order valence-corrected chi connectivity index (χ3v) is 8.56. The second-order valence-corrected chi connectivity index (χ2v) is 13.5.